The van der Waals surface area contributed by atoms with Crippen molar-refractivity contribution in [3.63, 3.8) is 0 Å². The molecule has 0 radical (unpaired) electrons. The van der Waals surface area contributed by atoms with Gasteiger partial charge in [-0.25, -0.2) is 4.98 Å². The summed E-state index contributed by atoms with van der Waals surface area (Å²) in [6.45, 7) is 1.54. The van der Waals surface area contributed by atoms with Crippen molar-refractivity contribution in [2.24, 2.45) is 0 Å². The minimum absolute atomic E-state index is 0.224. The lowest BCUT2D eigenvalue weighted by Crippen LogP contribution is -2.19. The molecule has 25 heavy (non-hydrogen) atoms. The number of ether oxygens (including phenoxy) is 1. The van der Waals surface area contributed by atoms with Crippen LogP contribution in [-0.2, 0) is 4.74 Å². The predicted octanol–water partition coefficient (Wildman–Crippen LogP) is 4.04. The lowest BCUT2D eigenvalue weighted by molar-refractivity contribution is 0.120. The number of benzene rings is 1. The Labute approximate surface area is 150 Å². The lowest BCUT2D eigenvalue weighted by atomic mass is 10.2. The van der Waals surface area contributed by atoms with Crippen LogP contribution in [0.2, 0.25) is 5.02 Å². The van der Waals surface area contributed by atoms with Gasteiger partial charge in [0.2, 0.25) is 5.82 Å². The minimum atomic E-state index is 0.224. The minimum Gasteiger partial charge on any atom is -0.376 e. The Morgan fingerprint density at radius 1 is 1.20 bits per heavy atom. The number of hydrogen-bond acceptors (Lipinski definition) is 6. The topological polar surface area (TPSA) is 73.1 Å². The molecule has 0 unspecified atom stereocenters. The number of nitrogens with one attached hydrogen (secondary N) is 1. The van der Waals surface area contributed by atoms with Crippen molar-refractivity contribution >= 4 is 17.4 Å². The number of rotatable bonds is 5. The van der Waals surface area contributed by atoms with E-state index in [1.807, 2.05) is 24.3 Å². The number of halogens is 1. The number of pyridine rings is 1. The van der Waals surface area contributed by atoms with Crippen molar-refractivity contribution in [2.45, 2.75) is 18.9 Å². The van der Waals surface area contributed by atoms with Gasteiger partial charge in [-0.2, -0.15) is 4.98 Å². The molecular weight excluding hydrogens is 340 g/mol. The second kappa shape index (κ2) is 7.21. The molecule has 0 spiro atoms. The van der Waals surface area contributed by atoms with E-state index in [9.17, 15) is 0 Å². The molecule has 3 heterocycles. The summed E-state index contributed by atoms with van der Waals surface area (Å²) in [4.78, 5) is 8.89. The molecule has 0 aliphatic carbocycles. The van der Waals surface area contributed by atoms with E-state index in [1.165, 1.54) is 0 Å². The van der Waals surface area contributed by atoms with Crippen molar-refractivity contribution in [1.29, 1.82) is 0 Å². The van der Waals surface area contributed by atoms with Crippen molar-refractivity contribution in [3.05, 3.63) is 47.6 Å². The summed E-state index contributed by atoms with van der Waals surface area (Å²) in [7, 11) is 0. The second-order valence-corrected chi connectivity index (χ2v) is 6.28. The van der Waals surface area contributed by atoms with Gasteiger partial charge < -0.3 is 14.6 Å². The maximum Gasteiger partial charge on any atom is 0.261 e. The molecule has 7 heteroatoms. The van der Waals surface area contributed by atoms with E-state index in [-0.39, 0.29) is 6.10 Å². The van der Waals surface area contributed by atoms with Gasteiger partial charge in [-0.05, 0) is 49.2 Å². The highest BCUT2D eigenvalue weighted by molar-refractivity contribution is 6.30. The maximum absolute atomic E-state index is 5.92. The molecule has 128 valence electrons. The van der Waals surface area contributed by atoms with E-state index in [1.54, 1.807) is 18.3 Å². The average molecular weight is 357 g/mol. The van der Waals surface area contributed by atoms with Crippen molar-refractivity contribution in [2.75, 3.05) is 18.5 Å². The predicted molar refractivity (Wildman–Crippen MR) is 95.4 cm³/mol. The normalized spacial score (nSPS) is 16.9. The van der Waals surface area contributed by atoms with Crippen LogP contribution in [0.15, 0.2) is 47.1 Å². The molecule has 3 aromatic rings. The zero-order chi connectivity index (χ0) is 17.1. The summed E-state index contributed by atoms with van der Waals surface area (Å²) >= 11 is 5.92. The highest BCUT2D eigenvalue weighted by atomic mass is 35.5. The smallest absolute Gasteiger partial charge is 0.261 e. The molecule has 1 aliphatic rings. The standard InChI is InChI=1S/C18H17ClN4O2/c19-13-7-5-12(6-8-13)16-22-18(25-23-16)15-4-1-9-20-17(15)21-11-14-3-2-10-24-14/h1,4-9,14H,2-3,10-11H2,(H,20,21)/t14-/m1/s1. The van der Waals surface area contributed by atoms with Gasteiger partial charge in [0.05, 0.1) is 11.7 Å². The average Bonchev–Trinajstić information content (AvgIpc) is 3.33. The lowest BCUT2D eigenvalue weighted by Gasteiger charge is -2.12. The Kier molecular flexibility index (Phi) is 4.63. The number of hydrogen-bond donors (Lipinski definition) is 1. The molecule has 1 aromatic carbocycles. The van der Waals surface area contributed by atoms with E-state index in [2.05, 4.69) is 20.4 Å². The third kappa shape index (κ3) is 3.65. The van der Waals surface area contributed by atoms with Crippen LogP contribution in [-0.4, -0.2) is 34.4 Å². The molecule has 0 saturated carbocycles. The summed E-state index contributed by atoms with van der Waals surface area (Å²) in [6.07, 6.45) is 4.13. The Hall–Kier alpha value is -2.44. The van der Waals surface area contributed by atoms with Crippen molar-refractivity contribution in [1.82, 2.24) is 15.1 Å². The van der Waals surface area contributed by atoms with Crippen LogP contribution in [0, 0.1) is 0 Å². The summed E-state index contributed by atoms with van der Waals surface area (Å²) in [5.41, 5.74) is 1.62. The van der Waals surface area contributed by atoms with Gasteiger partial charge in [0.1, 0.15) is 5.82 Å². The summed E-state index contributed by atoms with van der Waals surface area (Å²) < 4.78 is 11.1. The first-order chi connectivity index (χ1) is 12.3. The van der Waals surface area contributed by atoms with Crippen LogP contribution >= 0.6 is 11.6 Å². The number of nitrogens with zero attached hydrogens (tertiary/aromatic N) is 3. The number of aromatic nitrogens is 3. The van der Waals surface area contributed by atoms with Gasteiger partial charge in [-0.15, -0.1) is 0 Å². The summed E-state index contributed by atoms with van der Waals surface area (Å²) in [6, 6.07) is 11.1. The molecule has 1 fully saturated rings. The van der Waals surface area contributed by atoms with E-state index in [4.69, 9.17) is 20.9 Å². The molecule has 0 bridgehead atoms. The summed E-state index contributed by atoms with van der Waals surface area (Å²) in [5, 5.41) is 8.06. The first-order valence-electron chi connectivity index (χ1n) is 8.20. The van der Waals surface area contributed by atoms with E-state index in [0.29, 0.717) is 29.1 Å². The number of anilines is 1. The van der Waals surface area contributed by atoms with Crippen LogP contribution in [0.3, 0.4) is 0 Å². The van der Waals surface area contributed by atoms with E-state index >= 15 is 0 Å². The quantitative estimate of drug-likeness (QED) is 0.743. The Balaban J connectivity index is 1.56. The van der Waals surface area contributed by atoms with Gasteiger partial charge in [0.25, 0.3) is 5.89 Å². The molecule has 1 aliphatic heterocycles. The van der Waals surface area contributed by atoms with Crippen LogP contribution in [0.4, 0.5) is 5.82 Å². The fourth-order valence-corrected chi connectivity index (χ4v) is 2.91. The van der Waals surface area contributed by atoms with Crippen molar-refractivity contribution < 1.29 is 9.26 Å². The monoisotopic (exact) mass is 356 g/mol. The third-order valence-electron chi connectivity index (χ3n) is 4.09. The van der Waals surface area contributed by atoms with Crippen molar-refractivity contribution in [3.8, 4) is 22.8 Å². The molecule has 0 amide bonds. The molecule has 6 nitrogen and oxygen atoms in total. The zero-order valence-electron chi connectivity index (χ0n) is 13.5. The second-order valence-electron chi connectivity index (χ2n) is 5.85. The fraction of sp³-hybridized carbons (Fsp3) is 0.278. The Bertz CT molecular complexity index is 844. The Morgan fingerprint density at radius 2 is 2.08 bits per heavy atom. The van der Waals surface area contributed by atoms with Crippen LogP contribution in [0.1, 0.15) is 12.8 Å². The maximum atomic E-state index is 5.92. The Morgan fingerprint density at radius 3 is 2.88 bits per heavy atom. The molecule has 1 N–H and O–H groups in total. The fourth-order valence-electron chi connectivity index (χ4n) is 2.78. The molecular formula is C18H17ClN4O2. The van der Waals surface area contributed by atoms with Crippen LogP contribution in [0.5, 0.6) is 0 Å². The SMILES string of the molecule is Clc1ccc(-c2noc(-c3cccnc3NC[C@H]3CCCO3)n2)cc1. The van der Waals surface area contributed by atoms with Gasteiger partial charge in [0, 0.05) is 29.9 Å². The third-order valence-corrected chi connectivity index (χ3v) is 4.34. The first kappa shape index (κ1) is 16.1. The zero-order valence-corrected chi connectivity index (χ0v) is 14.2. The van der Waals surface area contributed by atoms with Gasteiger partial charge in [-0.3, -0.25) is 0 Å². The largest absolute Gasteiger partial charge is 0.376 e. The van der Waals surface area contributed by atoms with Gasteiger partial charge in [-0.1, -0.05) is 16.8 Å². The molecule has 2 aromatic heterocycles. The molecule has 4 rings (SSSR count). The van der Waals surface area contributed by atoms with Crippen LogP contribution < -0.4 is 5.32 Å². The van der Waals surface area contributed by atoms with Gasteiger partial charge in [0.15, 0.2) is 0 Å². The van der Waals surface area contributed by atoms with Crippen LogP contribution in [0.25, 0.3) is 22.8 Å². The summed E-state index contributed by atoms with van der Waals surface area (Å²) in [5.74, 6) is 1.65. The van der Waals surface area contributed by atoms with E-state index in [0.717, 1.165) is 30.6 Å². The highest BCUT2D eigenvalue weighted by Crippen LogP contribution is 2.27. The van der Waals surface area contributed by atoms with Gasteiger partial charge >= 0.3 is 0 Å². The highest BCUT2D eigenvalue weighted by Gasteiger charge is 2.18. The first-order valence-corrected chi connectivity index (χ1v) is 8.58. The molecule has 1 saturated heterocycles. The molecule has 1 atom stereocenters. The van der Waals surface area contributed by atoms with E-state index < -0.39 is 0 Å².